The highest BCUT2D eigenvalue weighted by Gasteiger charge is 2.30. The normalized spacial score (nSPS) is 16.8. The number of aryl methyl sites for hydroxylation is 1. The number of hydrogen-bond acceptors (Lipinski definition) is 5. The van der Waals surface area contributed by atoms with Crippen LogP contribution in [-0.4, -0.2) is 44.5 Å². The van der Waals surface area contributed by atoms with Gasteiger partial charge in [0, 0.05) is 43.8 Å². The van der Waals surface area contributed by atoms with Gasteiger partial charge < -0.3 is 14.2 Å². The summed E-state index contributed by atoms with van der Waals surface area (Å²) in [7, 11) is 0. The number of carbonyl (C=O) groups excluding carboxylic acids is 1. The van der Waals surface area contributed by atoms with Gasteiger partial charge in [0.1, 0.15) is 21.8 Å². The van der Waals surface area contributed by atoms with E-state index in [4.69, 9.17) is 16.3 Å². The second-order valence-electron chi connectivity index (χ2n) is 6.09. The highest BCUT2D eigenvalue weighted by Crippen LogP contribution is 2.28. The molecule has 26 heavy (non-hydrogen) atoms. The Hall–Kier alpha value is -2.38. The van der Waals surface area contributed by atoms with Crippen LogP contribution in [0.25, 0.3) is 5.13 Å². The predicted octanol–water partition coefficient (Wildman–Crippen LogP) is 3.58. The second-order valence-corrected chi connectivity index (χ2v) is 7.47. The van der Waals surface area contributed by atoms with Crippen LogP contribution in [0.5, 0.6) is 5.75 Å². The Morgan fingerprint density at radius 2 is 2.19 bits per heavy atom. The molecule has 8 heteroatoms. The molecule has 0 spiro atoms. The van der Waals surface area contributed by atoms with Crippen molar-refractivity contribution in [2.45, 2.75) is 19.4 Å². The van der Waals surface area contributed by atoms with Crippen molar-refractivity contribution in [2.75, 3.05) is 13.1 Å². The van der Waals surface area contributed by atoms with Gasteiger partial charge in [-0.2, -0.15) is 0 Å². The minimum Gasteiger partial charge on any atom is -0.487 e. The molecule has 1 aliphatic rings. The van der Waals surface area contributed by atoms with Crippen LogP contribution in [0.1, 0.15) is 21.8 Å². The van der Waals surface area contributed by atoms with E-state index >= 15 is 0 Å². The summed E-state index contributed by atoms with van der Waals surface area (Å²) in [6, 6.07) is 5.61. The van der Waals surface area contributed by atoms with E-state index in [1.807, 2.05) is 40.9 Å². The number of pyridine rings is 1. The topological polar surface area (TPSA) is 60.2 Å². The van der Waals surface area contributed by atoms with Gasteiger partial charge in [0.05, 0.1) is 12.2 Å². The Morgan fingerprint density at radius 1 is 1.38 bits per heavy atom. The van der Waals surface area contributed by atoms with Crippen molar-refractivity contribution in [2.24, 2.45) is 0 Å². The molecule has 0 aliphatic carbocycles. The van der Waals surface area contributed by atoms with Crippen LogP contribution in [-0.2, 0) is 0 Å². The molecule has 6 nitrogen and oxygen atoms in total. The largest absolute Gasteiger partial charge is 0.487 e. The molecular formula is C18H17ClN4O2S. The lowest BCUT2D eigenvalue weighted by Gasteiger charge is -2.17. The molecular weight excluding hydrogens is 372 g/mol. The zero-order valence-electron chi connectivity index (χ0n) is 14.1. The molecule has 1 saturated heterocycles. The lowest BCUT2D eigenvalue weighted by molar-refractivity contribution is 0.0776. The Balaban J connectivity index is 1.46. The third-order valence-corrected chi connectivity index (χ3v) is 5.71. The van der Waals surface area contributed by atoms with Gasteiger partial charge in [-0.05, 0) is 19.1 Å². The third-order valence-electron chi connectivity index (χ3n) is 4.27. The van der Waals surface area contributed by atoms with Crippen molar-refractivity contribution < 1.29 is 9.53 Å². The first kappa shape index (κ1) is 17.1. The minimum absolute atomic E-state index is 0.00494. The maximum Gasteiger partial charge on any atom is 0.266 e. The zero-order chi connectivity index (χ0) is 18.1. The van der Waals surface area contributed by atoms with E-state index in [0.29, 0.717) is 28.7 Å². The fourth-order valence-corrected chi connectivity index (χ4v) is 4.11. The summed E-state index contributed by atoms with van der Waals surface area (Å²) >= 11 is 7.50. The number of amides is 1. The van der Waals surface area contributed by atoms with Crippen LogP contribution in [0, 0.1) is 6.92 Å². The number of thiazole rings is 1. The smallest absolute Gasteiger partial charge is 0.266 e. The van der Waals surface area contributed by atoms with Crippen LogP contribution in [0.2, 0.25) is 5.02 Å². The molecule has 0 bridgehead atoms. The van der Waals surface area contributed by atoms with Gasteiger partial charge in [-0.1, -0.05) is 22.9 Å². The van der Waals surface area contributed by atoms with Crippen molar-refractivity contribution in [1.29, 1.82) is 0 Å². The molecule has 1 atom stereocenters. The van der Waals surface area contributed by atoms with Gasteiger partial charge in [0.25, 0.3) is 5.91 Å². The lowest BCUT2D eigenvalue weighted by atomic mass is 10.3. The summed E-state index contributed by atoms with van der Waals surface area (Å²) in [5, 5.41) is 1.28. The summed E-state index contributed by atoms with van der Waals surface area (Å²) in [5.41, 5.74) is 0.755. The van der Waals surface area contributed by atoms with Crippen LogP contribution in [0.15, 0.2) is 43.0 Å². The maximum atomic E-state index is 12.9. The molecule has 0 N–H and O–H groups in total. The zero-order valence-corrected chi connectivity index (χ0v) is 15.7. The minimum atomic E-state index is -0.0732. The van der Waals surface area contributed by atoms with E-state index in [-0.39, 0.29) is 12.0 Å². The predicted molar refractivity (Wildman–Crippen MR) is 100 cm³/mol. The van der Waals surface area contributed by atoms with E-state index in [9.17, 15) is 4.79 Å². The number of rotatable bonds is 4. The summed E-state index contributed by atoms with van der Waals surface area (Å²) < 4.78 is 7.85. The summed E-state index contributed by atoms with van der Waals surface area (Å²) in [4.78, 5) is 23.9. The van der Waals surface area contributed by atoms with Crippen LogP contribution < -0.4 is 4.74 Å². The van der Waals surface area contributed by atoms with Gasteiger partial charge in [-0.25, -0.2) is 4.98 Å². The van der Waals surface area contributed by atoms with E-state index in [2.05, 4.69) is 9.97 Å². The number of hydrogen-bond donors (Lipinski definition) is 0. The fourth-order valence-electron chi connectivity index (χ4n) is 2.94. The number of carbonyl (C=O) groups is 1. The number of nitrogens with zero attached hydrogens (tertiary/aromatic N) is 4. The molecule has 0 saturated carbocycles. The monoisotopic (exact) mass is 388 g/mol. The highest BCUT2D eigenvalue weighted by atomic mass is 35.5. The van der Waals surface area contributed by atoms with Gasteiger partial charge in [0.2, 0.25) is 0 Å². The van der Waals surface area contributed by atoms with Crippen molar-refractivity contribution >= 4 is 28.8 Å². The summed E-state index contributed by atoms with van der Waals surface area (Å²) in [6.07, 6.45) is 7.74. The fraction of sp³-hybridized carbons (Fsp3) is 0.278. The van der Waals surface area contributed by atoms with Crippen molar-refractivity contribution in [3.05, 3.63) is 58.6 Å². The first-order chi connectivity index (χ1) is 12.6. The van der Waals surface area contributed by atoms with Gasteiger partial charge in [0.15, 0.2) is 5.13 Å². The second kappa shape index (κ2) is 7.09. The molecule has 1 amide bonds. The Bertz CT molecular complexity index is 925. The van der Waals surface area contributed by atoms with E-state index in [1.165, 1.54) is 11.3 Å². The van der Waals surface area contributed by atoms with Crippen molar-refractivity contribution in [3.63, 3.8) is 0 Å². The molecule has 4 rings (SSSR count). The standard InChI is InChI=1S/C18H17ClN4O2S/c1-12-16(26-18(21-12)22-7-2-3-8-22)17(24)23-9-5-13(11-23)25-15-4-6-20-10-14(15)19/h2-4,6-8,10,13H,5,9,11H2,1H3. The number of ether oxygens (including phenoxy) is 1. The molecule has 1 unspecified atom stereocenters. The summed E-state index contributed by atoms with van der Waals surface area (Å²) in [5.74, 6) is 0.607. The van der Waals surface area contributed by atoms with E-state index in [0.717, 1.165) is 17.2 Å². The average molecular weight is 389 g/mol. The van der Waals surface area contributed by atoms with Crippen LogP contribution in [0.3, 0.4) is 0 Å². The molecule has 4 heterocycles. The molecule has 0 radical (unpaired) electrons. The quantitative estimate of drug-likeness (QED) is 0.685. The van der Waals surface area contributed by atoms with Gasteiger partial charge in [-0.15, -0.1) is 0 Å². The Labute approximate surface area is 160 Å². The number of likely N-dealkylation sites (tertiary alicyclic amines) is 1. The first-order valence-corrected chi connectivity index (χ1v) is 9.47. The van der Waals surface area contributed by atoms with Crippen LogP contribution >= 0.6 is 22.9 Å². The SMILES string of the molecule is Cc1nc(-n2cccc2)sc1C(=O)N1CCC(Oc2ccncc2Cl)C1. The number of aromatic nitrogens is 3. The molecule has 134 valence electrons. The third kappa shape index (κ3) is 3.32. The van der Waals surface area contributed by atoms with Crippen molar-refractivity contribution in [3.8, 4) is 10.9 Å². The van der Waals surface area contributed by atoms with Crippen molar-refractivity contribution in [1.82, 2.24) is 19.4 Å². The summed E-state index contributed by atoms with van der Waals surface area (Å²) in [6.45, 7) is 3.06. The van der Waals surface area contributed by atoms with E-state index < -0.39 is 0 Å². The Kier molecular flexibility index (Phi) is 4.65. The molecule has 3 aromatic rings. The first-order valence-electron chi connectivity index (χ1n) is 8.28. The Morgan fingerprint density at radius 3 is 2.96 bits per heavy atom. The van der Waals surface area contributed by atoms with Gasteiger partial charge >= 0.3 is 0 Å². The molecule has 1 aliphatic heterocycles. The van der Waals surface area contributed by atoms with E-state index in [1.54, 1.807) is 18.5 Å². The lowest BCUT2D eigenvalue weighted by Crippen LogP contribution is -2.30. The maximum absolute atomic E-state index is 12.9. The van der Waals surface area contributed by atoms with Gasteiger partial charge in [-0.3, -0.25) is 9.78 Å². The molecule has 0 aromatic carbocycles. The highest BCUT2D eigenvalue weighted by molar-refractivity contribution is 7.16. The number of halogens is 1. The van der Waals surface area contributed by atoms with Crippen LogP contribution in [0.4, 0.5) is 0 Å². The molecule has 1 fully saturated rings. The molecule has 3 aromatic heterocycles. The average Bonchev–Trinajstić information content (AvgIpc) is 3.36.